The van der Waals surface area contributed by atoms with Gasteiger partial charge >= 0.3 is 0 Å². The Hall–Kier alpha value is -2.80. The van der Waals surface area contributed by atoms with E-state index >= 15 is 0 Å². The van der Waals surface area contributed by atoms with Gasteiger partial charge in [0.2, 0.25) is 5.43 Å². The molecule has 2 aromatic rings. The van der Waals surface area contributed by atoms with Crippen LogP contribution in [-0.2, 0) is 11.3 Å². The molecule has 0 radical (unpaired) electrons. The van der Waals surface area contributed by atoms with Crippen LogP contribution in [0, 0.1) is 0 Å². The third-order valence-electron chi connectivity index (χ3n) is 3.79. The summed E-state index contributed by atoms with van der Waals surface area (Å²) in [4.78, 5) is 24.6. The molecule has 1 heterocycles. The maximum Gasteiger partial charge on any atom is 0.273 e. The van der Waals surface area contributed by atoms with Crippen LogP contribution in [0.5, 0.6) is 5.75 Å². The number of carbonyl (C=O) groups is 1. The SMILES string of the molecule is Nn1ccc(=O)c(OCc2ccccc2)c1C(=O)NCCOC1CC1. The molecule has 1 aliphatic rings. The monoisotopic (exact) mass is 343 g/mol. The van der Waals surface area contributed by atoms with Gasteiger partial charge in [0.1, 0.15) is 6.61 Å². The van der Waals surface area contributed by atoms with E-state index in [4.69, 9.17) is 15.3 Å². The van der Waals surface area contributed by atoms with Crippen LogP contribution < -0.4 is 21.3 Å². The van der Waals surface area contributed by atoms with Crippen molar-refractivity contribution in [3.8, 4) is 5.75 Å². The molecule has 7 heteroatoms. The fraction of sp³-hybridized carbons (Fsp3) is 0.333. The largest absolute Gasteiger partial charge is 0.482 e. The highest BCUT2D eigenvalue weighted by atomic mass is 16.5. The summed E-state index contributed by atoms with van der Waals surface area (Å²) in [6.45, 7) is 0.944. The Balaban J connectivity index is 1.69. The van der Waals surface area contributed by atoms with Crippen LogP contribution in [0.3, 0.4) is 0 Å². The van der Waals surface area contributed by atoms with E-state index in [9.17, 15) is 9.59 Å². The number of hydrogen-bond donors (Lipinski definition) is 2. The van der Waals surface area contributed by atoms with Crippen LogP contribution in [-0.4, -0.2) is 29.8 Å². The lowest BCUT2D eigenvalue weighted by molar-refractivity contribution is 0.0886. The van der Waals surface area contributed by atoms with E-state index in [2.05, 4.69) is 5.32 Å². The summed E-state index contributed by atoms with van der Waals surface area (Å²) in [5.74, 6) is 5.30. The topological polar surface area (TPSA) is 95.6 Å². The maximum absolute atomic E-state index is 12.4. The van der Waals surface area contributed by atoms with Crippen molar-refractivity contribution in [3.05, 3.63) is 64.1 Å². The average molecular weight is 343 g/mol. The third kappa shape index (κ3) is 4.60. The summed E-state index contributed by atoms with van der Waals surface area (Å²) >= 11 is 0. The quantitative estimate of drug-likeness (QED) is 0.552. The zero-order valence-electron chi connectivity index (χ0n) is 13.8. The Labute approximate surface area is 145 Å². The molecular weight excluding hydrogens is 322 g/mol. The molecule has 0 unspecified atom stereocenters. The molecule has 1 aromatic carbocycles. The first-order chi connectivity index (χ1) is 12.1. The maximum atomic E-state index is 12.4. The molecule has 0 aliphatic heterocycles. The number of hydrogen-bond acceptors (Lipinski definition) is 5. The zero-order chi connectivity index (χ0) is 17.6. The van der Waals surface area contributed by atoms with Crippen LogP contribution in [0.1, 0.15) is 28.9 Å². The van der Waals surface area contributed by atoms with Crippen molar-refractivity contribution in [2.24, 2.45) is 0 Å². The molecule has 1 aromatic heterocycles. The molecule has 1 aliphatic carbocycles. The number of nitrogens with two attached hydrogens (primary N) is 1. The van der Waals surface area contributed by atoms with Crippen LogP contribution in [0.25, 0.3) is 0 Å². The van der Waals surface area contributed by atoms with Crippen molar-refractivity contribution in [1.29, 1.82) is 0 Å². The van der Waals surface area contributed by atoms with Gasteiger partial charge in [-0.1, -0.05) is 30.3 Å². The normalized spacial score (nSPS) is 13.4. The van der Waals surface area contributed by atoms with Crippen molar-refractivity contribution < 1.29 is 14.3 Å². The molecule has 1 amide bonds. The number of amides is 1. The lowest BCUT2D eigenvalue weighted by Crippen LogP contribution is -2.34. The molecule has 132 valence electrons. The Kier molecular flexibility index (Phi) is 5.35. The van der Waals surface area contributed by atoms with Gasteiger partial charge in [0.05, 0.1) is 12.7 Å². The van der Waals surface area contributed by atoms with Crippen molar-refractivity contribution in [2.75, 3.05) is 19.0 Å². The highest BCUT2D eigenvalue weighted by molar-refractivity contribution is 5.95. The summed E-state index contributed by atoms with van der Waals surface area (Å²) in [6, 6.07) is 10.7. The second-order valence-corrected chi connectivity index (χ2v) is 5.87. The number of nitrogens with one attached hydrogen (secondary N) is 1. The minimum Gasteiger partial charge on any atom is -0.482 e. The molecule has 7 nitrogen and oxygen atoms in total. The average Bonchev–Trinajstić information content (AvgIpc) is 3.44. The predicted molar refractivity (Wildman–Crippen MR) is 92.9 cm³/mol. The zero-order valence-corrected chi connectivity index (χ0v) is 13.8. The summed E-state index contributed by atoms with van der Waals surface area (Å²) in [7, 11) is 0. The second kappa shape index (κ2) is 7.85. The molecule has 0 bridgehead atoms. The highest BCUT2D eigenvalue weighted by Crippen LogP contribution is 2.22. The van der Waals surface area contributed by atoms with Crippen LogP contribution in [0.4, 0.5) is 0 Å². The lowest BCUT2D eigenvalue weighted by atomic mass is 10.2. The molecule has 25 heavy (non-hydrogen) atoms. The fourth-order valence-electron chi connectivity index (χ4n) is 2.33. The molecule has 0 atom stereocenters. The van der Waals surface area contributed by atoms with E-state index < -0.39 is 11.3 Å². The first-order valence-electron chi connectivity index (χ1n) is 8.22. The van der Waals surface area contributed by atoms with Crippen molar-refractivity contribution in [1.82, 2.24) is 9.99 Å². The van der Waals surface area contributed by atoms with Crippen LogP contribution >= 0.6 is 0 Å². The fourth-order valence-corrected chi connectivity index (χ4v) is 2.33. The molecule has 0 saturated heterocycles. The number of benzene rings is 1. The standard InChI is InChI=1S/C18H21N3O4/c19-21-10-8-15(22)17(25-12-13-4-2-1-3-5-13)16(21)18(23)20-9-11-24-14-6-7-14/h1-5,8,10,14H,6-7,9,11-12,19H2,(H,20,23). The van der Waals surface area contributed by atoms with Gasteiger partial charge in [0, 0.05) is 18.8 Å². The van der Waals surface area contributed by atoms with Gasteiger partial charge in [0.15, 0.2) is 11.4 Å². The number of rotatable bonds is 8. The first-order valence-corrected chi connectivity index (χ1v) is 8.22. The van der Waals surface area contributed by atoms with E-state index in [1.807, 2.05) is 30.3 Å². The van der Waals surface area contributed by atoms with Gasteiger partial charge < -0.3 is 20.6 Å². The number of aromatic nitrogens is 1. The van der Waals surface area contributed by atoms with Crippen molar-refractivity contribution in [3.63, 3.8) is 0 Å². The van der Waals surface area contributed by atoms with E-state index in [1.54, 1.807) is 0 Å². The van der Waals surface area contributed by atoms with Gasteiger partial charge in [-0.3, -0.25) is 14.3 Å². The lowest BCUT2D eigenvalue weighted by Gasteiger charge is -2.14. The van der Waals surface area contributed by atoms with Gasteiger partial charge in [0.25, 0.3) is 5.91 Å². The predicted octanol–water partition coefficient (Wildman–Crippen LogP) is 1.05. The van der Waals surface area contributed by atoms with Gasteiger partial charge in [-0.05, 0) is 18.4 Å². The summed E-state index contributed by atoms with van der Waals surface area (Å²) in [5.41, 5.74) is 0.491. The smallest absolute Gasteiger partial charge is 0.273 e. The highest BCUT2D eigenvalue weighted by Gasteiger charge is 2.22. The second-order valence-electron chi connectivity index (χ2n) is 5.87. The molecule has 3 rings (SSSR count). The first kappa shape index (κ1) is 17.0. The summed E-state index contributed by atoms with van der Waals surface area (Å²) < 4.78 is 12.2. The molecule has 3 N–H and O–H groups in total. The Bertz CT molecular complexity index is 785. The molecular formula is C18H21N3O4. The Morgan fingerprint density at radius 1 is 1.24 bits per heavy atom. The minimum absolute atomic E-state index is 0.00477. The van der Waals surface area contributed by atoms with Gasteiger partial charge in [-0.15, -0.1) is 0 Å². The van der Waals surface area contributed by atoms with E-state index in [0.29, 0.717) is 19.3 Å². The van der Waals surface area contributed by atoms with E-state index in [1.165, 1.54) is 12.3 Å². The number of nitrogen functional groups attached to an aromatic ring is 1. The Morgan fingerprint density at radius 2 is 2.00 bits per heavy atom. The summed E-state index contributed by atoms with van der Waals surface area (Å²) in [6.07, 6.45) is 3.82. The number of pyridine rings is 1. The summed E-state index contributed by atoms with van der Waals surface area (Å²) in [5, 5.41) is 2.71. The molecule has 0 spiro atoms. The molecule has 1 fully saturated rings. The Morgan fingerprint density at radius 3 is 2.72 bits per heavy atom. The molecule has 1 saturated carbocycles. The van der Waals surface area contributed by atoms with Gasteiger partial charge in [-0.25, -0.2) is 0 Å². The van der Waals surface area contributed by atoms with Crippen LogP contribution in [0.2, 0.25) is 0 Å². The number of ether oxygens (including phenoxy) is 2. The minimum atomic E-state index is -0.470. The van der Waals surface area contributed by atoms with Crippen molar-refractivity contribution >= 4 is 5.91 Å². The number of nitrogens with zero attached hydrogens (tertiary/aromatic N) is 1. The van der Waals surface area contributed by atoms with Crippen molar-refractivity contribution in [2.45, 2.75) is 25.6 Å². The van der Waals surface area contributed by atoms with Crippen LogP contribution in [0.15, 0.2) is 47.4 Å². The van der Waals surface area contributed by atoms with Gasteiger partial charge in [-0.2, -0.15) is 0 Å². The third-order valence-corrected chi connectivity index (χ3v) is 3.79. The van der Waals surface area contributed by atoms with E-state index in [0.717, 1.165) is 23.1 Å². The van der Waals surface area contributed by atoms with E-state index in [-0.39, 0.29) is 18.1 Å². The number of carbonyl (C=O) groups excluding carboxylic acids is 1.